The third kappa shape index (κ3) is 5.32. The number of aromatic nitrogens is 2. The van der Waals surface area contributed by atoms with Crippen molar-refractivity contribution in [2.45, 2.75) is 38.0 Å². The Morgan fingerprint density at radius 1 is 1.24 bits per heavy atom. The number of fused-ring (bicyclic) bond motifs is 1. The first-order valence-corrected chi connectivity index (χ1v) is 10.2. The molecule has 0 saturated heterocycles. The minimum absolute atomic E-state index is 0.0694. The molecule has 2 atom stereocenters. The number of H-pyrrole nitrogens is 1. The number of amides is 1. The van der Waals surface area contributed by atoms with Crippen LogP contribution in [0.15, 0.2) is 41.3 Å². The van der Waals surface area contributed by atoms with Crippen molar-refractivity contribution in [1.29, 1.82) is 0 Å². The molecule has 2 aromatic heterocycles. The Labute approximate surface area is 186 Å². The van der Waals surface area contributed by atoms with E-state index in [1.54, 1.807) is 6.07 Å². The van der Waals surface area contributed by atoms with Gasteiger partial charge in [0.05, 0.1) is 18.0 Å². The van der Waals surface area contributed by atoms with Crippen molar-refractivity contribution in [3.8, 4) is 5.75 Å². The van der Waals surface area contributed by atoms with Gasteiger partial charge in [-0.3, -0.25) is 14.6 Å². The van der Waals surface area contributed by atoms with Gasteiger partial charge in [0.25, 0.3) is 5.91 Å². The molecule has 1 amide bonds. The molecule has 1 fully saturated rings. The summed E-state index contributed by atoms with van der Waals surface area (Å²) in [4.78, 5) is 30.7. The first-order chi connectivity index (χ1) is 15.5. The quantitative estimate of drug-likeness (QED) is 0.553. The summed E-state index contributed by atoms with van der Waals surface area (Å²) in [6.07, 6.45) is 2.75. The van der Waals surface area contributed by atoms with Crippen LogP contribution in [0.5, 0.6) is 5.75 Å². The number of alkyl halides is 2. The SMILES string of the molecule is CC(F)(F)[C@@H]1CC[C@H](c2cc(=O)c3c(C(N)=O)nccc3[nH]2)C1.COc1cccc(F)c1F. The van der Waals surface area contributed by atoms with Crippen LogP contribution in [0, 0.1) is 17.6 Å². The molecule has 0 radical (unpaired) electrons. The Bertz CT molecular complexity index is 1220. The number of aromatic amines is 1. The lowest BCUT2D eigenvalue weighted by Crippen LogP contribution is -2.22. The number of methoxy groups -OCH3 is 1. The molecule has 3 aromatic rings. The van der Waals surface area contributed by atoms with Gasteiger partial charge in [0, 0.05) is 23.9 Å². The van der Waals surface area contributed by atoms with Crippen molar-refractivity contribution in [3.05, 3.63) is 69.8 Å². The highest BCUT2D eigenvalue weighted by molar-refractivity contribution is 6.03. The molecule has 1 saturated carbocycles. The summed E-state index contributed by atoms with van der Waals surface area (Å²) in [6, 6.07) is 6.73. The highest BCUT2D eigenvalue weighted by Crippen LogP contribution is 2.44. The Kier molecular flexibility index (Phi) is 7.04. The second kappa shape index (κ2) is 9.60. The van der Waals surface area contributed by atoms with Crippen molar-refractivity contribution in [3.63, 3.8) is 0 Å². The molecule has 10 heteroatoms. The van der Waals surface area contributed by atoms with Gasteiger partial charge in [0.1, 0.15) is 5.69 Å². The summed E-state index contributed by atoms with van der Waals surface area (Å²) in [5.74, 6) is -6.18. The van der Waals surface area contributed by atoms with E-state index >= 15 is 0 Å². The number of primary amides is 1. The highest BCUT2D eigenvalue weighted by atomic mass is 19.3. The van der Waals surface area contributed by atoms with Gasteiger partial charge >= 0.3 is 0 Å². The van der Waals surface area contributed by atoms with Crippen LogP contribution in [0.4, 0.5) is 17.6 Å². The molecule has 1 aromatic carbocycles. The number of carbonyl (C=O) groups is 1. The third-order valence-corrected chi connectivity index (χ3v) is 5.72. The Hall–Kier alpha value is -3.43. The second-order valence-corrected chi connectivity index (χ2v) is 7.95. The summed E-state index contributed by atoms with van der Waals surface area (Å²) >= 11 is 0. The van der Waals surface area contributed by atoms with E-state index in [-0.39, 0.29) is 28.2 Å². The minimum Gasteiger partial charge on any atom is -0.494 e. The number of hydrogen-bond acceptors (Lipinski definition) is 4. The summed E-state index contributed by atoms with van der Waals surface area (Å²) < 4.78 is 56.2. The predicted molar refractivity (Wildman–Crippen MR) is 114 cm³/mol. The van der Waals surface area contributed by atoms with Gasteiger partial charge in [0.2, 0.25) is 11.7 Å². The summed E-state index contributed by atoms with van der Waals surface area (Å²) in [7, 11) is 1.29. The van der Waals surface area contributed by atoms with Crippen LogP contribution >= 0.6 is 0 Å². The summed E-state index contributed by atoms with van der Waals surface area (Å²) in [5.41, 5.74) is 5.85. The average Bonchev–Trinajstić information content (AvgIpc) is 3.26. The van der Waals surface area contributed by atoms with E-state index in [0.29, 0.717) is 30.5 Å². The number of ether oxygens (including phenoxy) is 1. The Morgan fingerprint density at radius 2 is 1.97 bits per heavy atom. The monoisotopic (exact) mass is 465 g/mol. The molecule has 0 unspecified atom stereocenters. The van der Waals surface area contributed by atoms with Crippen LogP contribution in [-0.2, 0) is 0 Å². The molecule has 0 spiro atoms. The molecule has 1 aliphatic carbocycles. The molecule has 176 valence electrons. The smallest absolute Gasteiger partial charge is 0.268 e. The van der Waals surface area contributed by atoms with Crippen molar-refractivity contribution in [1.82, 2.24) is 9.97 Å². The van der Waals surface area contributed by atoms with Crippen molar-refractivity contribution in [2.75, 3.05) is 7.11 Å². The lowest BCUT2D eigenvalue weighted by Gasteiger charge is -2.18. The van der Waals surface area contributed by atoms with Gasteiger partial charge in [-0.1, -0.05) is 6.07 Å². The maximum atomic E-state index is 13.5. The predicted octanol–water partition coefficient (Wildman–Crippen LogP) is 4.53. The second-order valence-electron chi connectivity index (χ2n) is 7.95. The first kappa shape index (κ1) is 24.2. The van der Waals surface area contributed by atoms with E-state index in [4.69, 9.17) is 5.73 Å². The Morgan fingerprint density at radius 3 is 2.55 bits per heavy atom. The van der Waals surface area contributed by atoms with Crippen LogP contribution in [0.1, 0.15) is 48.3 Å². The van der Waals surface area contributed by atoms with E-state index in [1.807, 2.05) is 0 Å². The zero-order valence-electron chi connectivity index (χ0n) is 18.0. The van der Waals surface area contributed by atoms with Gasteiger partial charge in [-0.05, 0) is 50.3 Å². The molecule has 4 rings (SSSR count). The lowest BCUT2D eigenvalue weighted by atomic mass is 9.97. The van der Waals surface area contributed by atoms with Gasteiger partial charge in [0.15, 0.2) is 17.0 Å². The third-order valence-electron chi connectivity index (χ3n) is 5.72. The molecular weight excluding hydrogens is 442 g/mol. The van der Waals surface area contributed by atoms with Gasteiger partial charge in [-0.2, -0.15) is 4.39 Å². The molecular formula is C23H23F4N3O3. The number of nitrogens with one attached hydrogen (secondary N) is 1. The van der Waals surface area contributed by atoms with Crippen molar-refractivity contribution in [2.24, 2.45) is 11.7 Å². The fourth-order valence-electron chi connectivity index (χ4n) is 3.99. The van der Waals surface area contributed by atoms with Crippen LogP contribution in [0.2, 0.25) is 0 Å². The topological polar surface area (TPSA) is 98.1 Å². The van der Waals surface area contributed by atoms with Crippen molar-refractivity contribution < 1.29 is 27.1 Å². The number of benzene rings is 1. The normalized spacial score (nSPS) is 18.0. The number of pyridine rings is 2. The fraction of sp³-hybridized carbons (Fsp3) is 0.348. The number of rotatable bonds is 4. The first-order valence-electron chi connectivity index (χ1n) is 10.2. The van der Waals surface area contributed by atoms with Crippen molar-refractivity contribution >= 4 is 16.8 Å². The van der Waals surface area contributed by atoms with E-state index in [9.17, 15) is 27.2 Å². The van der Waals surface area contributed by atoms with E-state index in [2.05, 4.69) is 14.7 Å². The van der Waals surface area contributed by atoms with Gasteiger partial charge < -0.3 is 15.5 Å². The standard InChI is InChI=1S/C16H17F2N3O2.C7H6F2O/c1-16(17,18)9-3-2-8(6-9)11-7-12(22)13-10(21-11)4-5-20-14(13)15(19)23;1-10-6-4-2-3-5(8)7(6)9/h4-5,7-9H,2-3,6H2,1H3,(H2,19,23)(H,21,22);2-4H,1H3/t8-,9+;/m0./s1. The average molecular weight is 465 g/mol. The maximum absolute atomic E-state index is 13.5. The number of hydrogen-bond donors (Lipinski definition) is 2. The van der Waals surface area contributed by atoms with Crippen LogP contribution in [-0.4, -0.2) is 28.9 Å². The van der Waals surface area contributed by atoms with E-state index in [1.165, 1.54) is 31.5 Å². The van der Waals surface area contributed by atoms with Crippen LogP contribution in [0.25, 0.3) is 10.9 Å². The number of carbonyl (C=O) groups excluding carboxylic acids is 1. The molecule has 2 heterocycles. The highest BCUT2D eigenvalue weighted by Gasteiger charge is 2.40. The van der Waals surface area contributed by atoms with Gasteiger partial charge in [-0.25, -0.2) is 13.2 Å². The van der Waals surface area contributed by atoms with E-state index < -0.39 is 29.4 Å². The molecule has 0 bridgehead atoms. The molecule has 0 aliphatic heterocycles. The van der Waals surface area contributed by atoms with E-state index in [0.717, 1.165) is 13.0 Å². The number of nitrogens with zero attached hydrogens (tertiary/aromatic N) is 1. The summed E-state index contributed by atoms with van der Waals surface area (Å²) in [6.45, 7) is 0.938. The van der Waals surface area contributed by atoms with Crippen LogP contribution in [0.3, 0.4) is 0 Å². The number of nitrogens with two attached hydrogens (primary N) is 1. The lowest BCUT2D eigenvalue weighted by molar-refractivity contribution is -0.0372. The summed E-state index contributed by atoms with van der Waals surface area (Å²) in [5, 5.41) is 0.138. The largest absolute Gasteiger partial charge is 0.494 e. The van der Waals surface area contributed by atoms with Crippen LogP contribution < -0.4 is 15.9 Å². The number of halogens is 4. The Balaban J connectivity index is 0.000000257. The van der Waals surface area contributed by atoms with Gasteiger partial charge in [-0.15, -0.1) is 0 Å². The molecule has 1 aliphatic rings. The fourth-order valence-corrected chi connectivity index (χ4v) is 3.99. The minimum atomic E-state index is -2.71. The molecule has 6 nitrogen and oxygen atoms in total. The zero-order chi connectivity index (χ0) is 24.3. The zero-order valence-corrected chi connectivity index (χ0v) is 18.0. The molecule has 3 N–H and O–H groups in total. The maximum Gasteiger partial charge on any atom is 0.268 e. The molecule has 33 heavy (non-hydrogen) atoms.